The summed E-state index contributed by atoms with van der Waals surface area (Å²) < 4.78 is 26.6. The molecule has 0 radical (unpaired) electrons. The summed E-state index contributed by atoms with van der Waals surface area (Å²) in [6.45, 7) is 1.28. The highest BCUT2D eigenvalue weighted by molar-refractivity contribution is 7.89. The molecule has 8 nitrogen and oxygen atoms in total. The van der Waals surface area contributed by atoms with Gasteiger partial charge >= 0.3 is 0 Å². The maximum atomic E-state index is 12.2. The Hall–Kier alpha value is -2.26. The van der Waals surface area contributed by atoms with Gasteiger partial charge in [0.2, 0.25) is 15.9 Å². The van der Waals surface area contributed by atoms with Gasteiger partial charge in [-0.25, -0.2) is 13.1 Å². The molecular weight excluding hydrogens is 358 g/mol. The lowest BCUT2D eigenvalue weighted by Gasteiger charge is -2.16. The second kappa shape index (κ2) is 7.55. The second-order valence-electron chi connectivity index (χ2n) is 6.36. The average Bonchev–Trinajstić information content (AvgIpc) is 3.13. The first-order valence-corrected chi connectivity index (χ1v) is 10.2. The van der Waals surface area contributed by atoms with Crippen LogP contribution in [0.4, 0.5) is 0 Å². The van der Waals surface area contributed by atoms with Gasteiger partial charge in [0.05, 0.1) is 16.9 Å². The van der Waals surface area contributed by atoms with E-state index >= 15 is 0 Å². The van der Waals surface area contributed by atoms with Crippen molar-refractivity contribution in [3.63, 3.8) is 0 Å². The lowest BCUT2D eigenvalue weighted by Crippen LogP contribution is -2.38. The van der Waals surface area contributed by atoms with Gasteiger partial charge in [-0.2, -0.15) is 0 Å². The van der Waals surface area contributed by atoms with E-state index < -0.39 is 21.8 Å². The average molecular weight is 379 g/mol. The number of amides is 3. The zero-order chi connectivity index (χ0) is 18.7. The van der Waals surface area contributed by atoms with Gasteiger partial charge in [-0.15, -0.1) is 0 Å². The summed E-state index contributed by atoms with van der Waals surface area (Å²) in [6.07, 6.45) is 1.94. The number of nitrogens with zero attached hydrogens (tertiary/aromatic N) is 2. The van der Waals surface area contributed by atoms with Crippen LogP contribution in [0.1, 0.15) is 40.0 Å². The van der Waals surface area contributed by atoms with Gasteiger partial charge in [-0.05, 0) is 25.0 Å². The van der Waals surface area contributed by atoms with Crippen molar-refractivity contribution >= 4 is 27.7 Å². The maximum Gasteiger partial charge on any atom is 0.261 e. The molecule has 1 aromatic carbocycles. The van der Waals surface area contributed by atoms with Crippen LogP contribution in [0.2, 0.25) is 0 Å². The highest BCUT2D eigenvalue weighted by atomic mass is 32.2. The summed E-state index contributed by atoms with van der Waals surface area (Å²) in [7, 11) is -3.61. The Morgan fingerprint density at radius 1 is 1.00 bits per heavy atom. The third-order valence-corrected chi connectivity index (χ3v) is 5.92. The van der Waals surface area contributed by atoms with Crippen molar-refractivity contribution in [2.24, 2.45) is 0 Å². The third-order valence-electron chi connectivity index (χ3n) is 4.56. The number of rotatable bonds is 8. The van der Waals surface area contributed by atoms with Gasteiger partial charge in [0, 0.05) is 32.6 Å². The monoisotopic (exact) mass is 379 g/mol. The highest BCUT2D eigenvalue weighted by Gasteiger charge is 2.35. The first-order valence-electron chi connectivity index (χ1n) is 8.59. The number of benzene rings is 1. The molecule has 0 bridgehead atoms. The normalized spacial score (nSPS) is 17.3. The lowest BCUT2D eigenvalue weighted by atomic mass is 10.1. The van der Waals surface area contributed by atoms with Crippen LogP contribution >= 0.6 is 0 Å². The molecule has 1 fully saturated rings. The lowest BCUT2D eigenvalue weighted by molar-refractivity contribution is -0.127. The van der Waals surface area contributed by atoms with Crippen LogP contribution in [-0.4, -0.2) is 67.9 Å². The molecule has 2 heterocycles. The largest absolute Gasteiger partial charge is 0.343 e. The first kappa shape index (κ1) is 18.5. The number of carbonyl (C=O) groups is 3. The topological polar surface area (TPSA) is 104 Å². The van der Waals surface area contributed by atoms with Crippen molar-refractivity contribution < 1.29 is 22.8 Å². The smallest absolute Gasteiger partial charge is 0.261 e. The van der Waals surface area contributed by atoms with E-state index in [0.717, 1.165) is 17.9 Å². The van der Waals surface area contributed by atoms with Gasteiger partial charge in [0.1, 0.15) is 0 Å². The fourth-order valence-corrected chi connectivity index (χ4v) is 4.19. The van der Waals surface area contributed by atoms with E-state index in [0.29, 0.717) is 30.5 Å². The molecule has 3 amide bonds. The first-order chi connectivity index (χ1) is 12.4. The van der Waals surface area contributed by atoms with Crippen LogP contribution in [-0.2, 0) is 14.8 Å². The van der Waals surface area contributed by atoms with Crippen LogP contribution in [0, 0.1) is 0 Å². The molecule has 0 unspecified atom stereocenters. The summed E-state index contributed by atoms with van der Waals surface area (Å²) >= 11 is 0. The molecule has 1 N–H and O–H groups in total. The van der Waals surface area contributed by atoms with Crippen molar-refractivity contribution in [1.29, 1.82) is 0 Å². The van der Waals surface area contributed by atoms with E-state index in [4.69, 9.17) is 0 Å². The molecule has 0 spiro atoms. The van der Waals surface area contributed by atoms with Crippen molar-refractivity contribution in [2.45, 2.75) is 19.3 Å². The fraction of sp³-hybridized carbons (Fsp3) is 0.471. The number of imide groups is 1. The predicted octanol–water partition coefficient (Wildman–Crippen LogP) is 0.215. The Morgan fingerprint density at radius 3 is 2.23 bits per heavy atom. The van der Waals surface area contributed by atoms with E-state index in [1.54, 1.807) is 29.2 Å². The zero-order valence-corrected chi connectivity index (χ0v) is 15.1. The maximum absolute atomic E-state index is 12.2. The molecule has 3 rings (SSSR count). The van der Waals surface area contributed by atoms with Gasteiger partial charge in [0.15, 0.2) is 0 Å². The number of nitrogens with one attached hydrogen (secondary N) is 1. The van der Waals surface area contributed by atoms with E-state index in [9.17, 15) is 22.8 Å². The van der Waals surface area contributed by atoms with E-state index in [1.165, 1.54) is 0 Å². The van der Waals surface area contributed by atoms with Crippen LogP contribution < -0.4 is 4.72 Å². The molecule has 0 saturated carbocycles. The summed E-state index contributed by atoms with van der Waals surface area (Å²) in [6, 6.07) is 6.44. The minimum Gasteiger partial charge on any atom is -0.343 e. The van der Waals surface area contributed by atoms with E-state index in [2.05, 4.69) is 4.72 Å². The molecule has 2 aliphatic rings. The van der Waals surface area contributed by atoms with E-state index in [1.807, 2.05) is 0 Å². The fourth-order valence-electron chi connectivity index (χ4n) is 3.16. The Morgan fingerprint density at radius 2 is 1.65 bits per heavy atom. The number of fused-ring (bicyclic) bond motifs is 1. The molecular formula is C17H21N3O5S. The minimum atomic E-state index is -3.61. The Balaban J connectivity index is 1.46. The number of carbonyl (C=O) groups excluding carboxylic acids is 3. The van der Waals surface area contributed by atoms with Crippen molar-refractivity contribution in [2.75, 3.05) is 31.9 Å². The highest BCUT2D eigenvalue weighted by Crippen LogP contribution is 2.22. The van der Waals surface area contributed by atoms with Crippen molar-refractivity contribution in [3.8, 4) is 0 Å². The summed E-state index contributed by atoms with van der Waals surface area (Å²) in [4.78, 5) is 38.6. The Bertz CT molecular complexity index is 802. The number of likely N-dealkylation sites (tertiary alicyclic amines) is 1. The SMILES string of the molecule is O=C1CCCN1CCCNS(=O)(=O)CCN1C(=O)c2ccccc2C1=O. The summed E-state index contributed by atoms with van der Waals surface area (Å²) in [5.41, 5.74) is 0.608. The molecule has 0 atom stereocenters. The molecule has 26 heavy (non-hydrogen) atoms. The summed E-state index contributed by atoms with van der Waals surface area (Å²) in [5.74, 6) is -1.17. The van der Waals surface area contributed by atoms with Gasteiger partial charge < -0.3 is 4.90 Å². The molecule has 1 saturated heterocycles. The standard InChI is InChI=1S/C17H21N3O5S/c21-15-7-3-9-19(15)10-4-8-18-26(24,25)12-11-20-16(22)13-5-1-2-6-14(13)17(20)23/h1-2,5-6,18H,3-4,7-12H2. The quantitative estimate of drug-likeness (QED) is 0.514. The Labute approximate surface area is 152 Å². The Kier molecular flexibility index (Phi) is 5.38. The summed E-state index contributed by atoms with van der Waals surface area (Å²) in [5, 5.41) is 0. The molecule has 9 heteroatoms. The molecule has 0 aliphatic carbocycles. The van der Waals surface area contributed by atoms with Crippen molar-refractivity contribution in [3.05, 3.63) is 35.4 Å². The number of hydrogen-bond acceptors (Lipinski definition) is 5. The second-order valence-corrected chi connectivity index (χ2v) is 8.29. The van der Waals surface area contributed by atoms with Crippen molar-refractivity contribution in [1.82, 2.24) is 14.5 Å². The molecule has 140 valence electrons. The van der Waals surface area contributed by atoms with Gasteiger partial charge in [-0.1, -0.05) is 12.1 Å². The van der Waals surface area contributed by atoms with Crippen LogP contribution in [0.25, 0.3) is 0 Å². The number of sulfonamides is 1. The molecule has 2 aliphatic heterocycles. The zero-order valence-electron chi connectivity index (χ0n) is 14.3. The van der Waals surface area contributed by atoms with Crippen LogP contribution in [0.5, 0.6) is 0 Å². The molecule has 1 aromatic rings. The van der Waals surface area contributed by atoms with Gasteiger partial charge in [-0.3, -0.25) is 19.3 Å². The van der Waals surface area contributed by atoms with Gasteiger partial charge in [0.25, 0.3) is 11.8 Å². The van der Waals surface area contributed by atoms with Crippen LogP contribution in [0.15, 0.2) is 24.3 Å². The molecule has 0 aromatic heterocycles. The number of hydrogen-bond donors (Lipinski definition) is 1. The minimum absolute atomic E-state index is 0.110. The third kappa shape index (κ3) is 3.94. The van der Waals surface area contributed by atoms with E-state index in [-0.39, 0.29) is 24.7 Å². The van der Waals surface area contributed by atoms with Crippen LogP contribution in [0.3, 0.4) is 0 Å². The predicted molar refractivity (Wildman–Crippen MR) is 94.0 cm³/mol.